The monoisotopic (exact) mass is 241 g/mol. The van der Waals surface area contributed by atoms with Crippen molar-refractivity contribution in [3.05, 3.63) is 22.0 Å². The first-order chi connectivity index (χ1) is 7.45. The molecule has 0 spiro atoms. The minimum atomic E-state index is 0.329. The van der Waals surface area contributed by atoms with Gasteiger partial charge in [0.05, 0.1) is 10.6 Å². The van der Waals surface area contributed by atoms with Crippen LogP contribution >= 0.6 is 11.6 Å². The molecule has 1 atom stereocenters. The lowest BCUT2D eigenvalue weighted by molar-refractivity contribution is 0.112. The number of hydrogen-bond acceptors (Lipinski definition) is 1. The van der Waals surface area contributed by atoms with Crippen LogP contribution in [-0.4, -0.2) is 10.9 Å². The summed E-state index contributed by atoms with van der Waals surface area (Å²) in [5.74, 6) is 0.377. The highest BCUT2D eigenvalue weighted by Crippen LogP contribution is 2.35. The average molecular weight is 242 g/mol. The van der Waals surface area contributed by atoms with Gasteiger partial charge in [-0.15, -0.1) is 0 Å². The second-order valence-corrected chi connectivity index (χ2v) is 4.97. The Morgan fingerprint density at radius 1 is 1.38 bits per heavy atom. The van der Waals surface area contributed by atoms with E-state index in [1.165, 1.54) is 0 Å². The Morgan fingerprint density at radius 2 is 1.94 bits per heavy atom. The molecule has 0 saturated heterocycles. The summed E-state index contributed by atoms with van der Waals surface area (Å²) in [5.41, 5.74) is 2.72. The Morgan fingerprint density at radius 3 is 2.31 bits per heavy atom. The molecule has 0 N–H and O–H groups in total. The molecule has 0 amide bonds. The number of halogens is 1. The van der Waals surface area contributed by atoms with Crippen LogP contribution in [0.2, 0.25) is 5.02 Å². The molecule has 90 valence electrons. The third-order valence-corrected chi connectivity index (χ3v) is 3.58. The zero-order valence-electron chi connectivity index (χ0n) is 10.7. The summed E-state index contributed by atoms with van der Waals surface area (Å²) in [5, 5.41) is 0.635. The molecule has 2 nitrogen and oxygen atoms in total. The van der Waals surface area contributed by atoms with Crippen molar-refractivity contribution in [1.82, 2.24) is 4.57 Å². The second kappa shape index (κ2) is 5.05. The van der Waals surface area contributed by atoms with Crippen LogP contribution in [0.5, 0.6) is 0 Å². The molecule has 1 aromatic heterocycles. The molecule has 0 aromatic carbocycles. The molecular weight excluding hydrogens is 222 g/mol. The first-order valence-corrected chi connectivity index (χ1v) is 6.18. The van der Waals surface area contributed by atoms with Gasteiger partial charge in [0, 0.05) is 17.4 Å². The van der Waals surface area contributed by atoms with Crippen molar-refractivity contribution in [1.29, 1.82) is 0 Å². The number of carbonyl (C=O) groups excluding carboxylic acids is 1. The van der Waals surface area contributed by atoms with E-state index in [0.717, 1.165) is 24.1 Å². The van der Waals surface area contributed by atoms with E-state index in [0.29, 0.717) is 22.5 Å². The smallest absolute Gasteiger partial charge is 0.153 e. The van der Waals surface area contributed by atoms with Gasteiger partial charge >= 0.3 is 0 Å². The predicted molar refractivity (Wildman–Crippen MR) is 68.7 cm³/mol. The van der Waals surface area contributed by atoms with Crippen molar-refractivity contribution in [2.75, 3.05) is 0 Å². The summed E-state index contributed by atoms with van der Waals surface area (Å²) >= 11 is 6.30. The molecule has 0 bridgehead atoms. The van der Waals surface area contributed by atoms with Gasteiger partial charge in [-0.3, -0.25) is 4.79 Å². The van der Waals surface area contributed by atoms with Crippen LogP contribution in [0.15, 0.2) is 0 Å². The van der Waals surface area contributed by atoms with Gasteiger partial charge in [-0.25, -0.2) is 0 Å². The summed E-state index contributed by atoms with van der Waals surface area (Å²) in [6.45, 7) is 10.5. The molecule has 1 unspecified atom stereocenters. The molecule has 1 heterocycles. The van der Waals surface area contributed by atoms with E-state index >= 15 is 0 Å². The summed E-state index contributed by atoms with van der Waals surface area (Å²) in [6, 6.07) is 0.329. The molecule has 0 fully saturated rings. The Bertz CT molecular complexity index is 393. The lowest BCUT2D eigenvalue weighted by Gasteiger charge is -2.19. The summed E-state index contributed by atoms with van der Waals surface area (Å²) in [6.07, 6.45) is 1.89. The first kappa shape index (κ1) is 13.3. The number of nitrogens with zero attached hydrogens (tertiary/aromatic N) is 1. The molecule has 16 heavy (non-hydrogen) atoms. The quantitative estimate of drug-likeness (QED) is 0.718. The minimum absolute atomic E-state index is 0.329. The molecule has 1 rings (SSSR count). The van der Waals surface area contributed by atoms with E-state index < -0.39 is 0 Å². The molecule has 0 aliphatic heterocycles. The second-order valence-electron chi connectivity index (χ2n) is 4.59. The predicted octanol–water partition coefficient (Wildman–Crippen LogP) is 4.36. The van der Waals surface area contributed by atoms with Crippen LogP contribution < -0.4 is 0 Å². The van der Waals surface area contributed by atoms with Crippen LogP contribution in [0.4, 0.5) is 0 Å². The summed E-state index contributed by atoms with van der Waals surface area (Å²) in [7, 11) is 0. The standard InChI is InChI=1S/C13H20ClNO/c1-6-9(4)13-12(14)11(7-16)10(5)15(13)8(2)3/h7-9H,6H2,1-5H3. The van der Waals surface area contributed by atoms with Crippen molar-refractivity contribution in [2.24, 2.45) is 0 Å². The topological polar surface area (TPSA) is 22.0 Å². The van der Waals surface area contributed by atoms with Crippen LogP contribution in [-0.2, 0) is 0 Å². The summed E-state index contributed by atoms with van der Waals surface area (Å²) < 4.78 is 2.18. The minimum Gasteiger partial charge on any atom is -0.344 e. The highest BCUT2D eigenvalue weighted by Gasteiger charge is 2.23. The fourth-order valence-corrected chi connectivity index (χ4v) is 2.62. The number of aromatic nitrogens is 1. The van der Waals surface area contributed by atoms with Gasteiger partial charge < -0.3 is 4.57 Å². The third-order valence-electron chi connectivity index (χ3n) is 3.19. The molecule has 0 aliphatic carbocycles. The summed E-state index contributed by atoms with van der Waals surface area (Å²) in [4.78, 5) is 11.0. The van der Waals surface area contributed by atoms with Crippen molar-refractivity contribution in [3.8, 4) is 0 Å². The molecular formula is C13H20ClNO. The van der Waals surface area contributed by atoms with E-state index in [2.05, 4.69) is 32.3 Å². The number of rotatable bonds is 4. The van der Waals surface area contributed by atoms with Crippen molar-refractivity contribution < 1.29 is 4.79 Å². The van der Waals surface area contributed by atoms with Crippen LogP contribution in [0, 0.1) is 6.92 Å². The normalized spacial score (nSPS) is 13.2. The van der Waals surface area contributed by atoms with Crippen molar-refractivity contribution in [3.63, 3.8) is 0 Å². The lowest BCUT2D eigenvalue weighted by Crippen LogP contribution is -2.10. The van der Waals surface area contributed by atoms with E-state index in [1.54, 1.807) is 0 Å². The van der Waals surface area contributed by atoms with Gasteiger partial charge in [-0.1, -0.05) is 25.4 Å². The van der Waals surface area contributed by atoms with Gasteiger partial charge in [0.2, 0.25) is 0 Å². The molecule has 0 aliphatic rings. The average Bonchev–Trinajstić information content (AvgIpc) is 2.49. The number of carbonyl (C=O) groups is 1. The van der Waals surface area contributed by atoms with E-state index in [1.807, 2.05) is 6.92 Å². The van der Waals surface area contributed by atoms with Crippen molar-refractivity contribution in [2.45, 2.75) is 53.0 Å². The lowest BCUT2D eigenvalue weighted by atomic mass is 10.0. The number of aldehydes is 1. The fraction of sp³-hybridized carbons (Fsp3) is 0.615. The zero-order valence-corrected chi connectivity index (χ0v) is 11.4. The zero-order chi connectivity index (χ0) is 12.5. The molecule has 0 radical (unpaired) electrons. The van der Waals surface area contributed by atoms with E-state index in [4.69, 9.17) is 11.6 Å². The van der Waals surface area contributed by atoms with Gasteiger partial charge in [0.1, 0.15) is 0 Å². The maximum Gasteiger partial charge on any atom is 0.153 e. The van der Waals surface area contributed by atoms with E-state index in [9.17, 15) is 4.79 Å². The maximum absolute atomic E-state index is 11.0. The van der Waals surface area contributed by atoms with Crippen molar-refractivity contribution >= 4 is 17.9 Å². The largest absolute Gasteiger partial charge is 0.344 e. The Kier molecular flexibility index (Phi) is 4.20. The fourth-order valence-electron chi connectivity index (χ4n) is 2.16. The van der Waals surface area contributed by atoms with Gasteiger partial charge in [0.25, 0.3) is 0 Å². The van der Waals surface area contributed by atoms with Gasteiger partial charge in [-0.05, 0) is 33.1 Å². The van der Waals surface area contributed by atoms with Gasteiger partial charge in [0.15, 0.2) is 6.29 Å². The molecule has 1 aromatic rings. The van der Waals surface area contributed by atoms with Crippen LogP contribution in [0.25, 0.3) is 0 Å². The molecule has 0 saturated carbocycles. The maximum atomic E-state index is 11.0. The Hall–Kier alpha value is -0.760. The van der Waals surface area contributed by atoms with E-state index in [-0.39, 0.29) is 0 Å². The molecule has 3 heteroatoms. The highest BCUT2D eigenvalue weighted by molar-refractivity contribution is 6.34. The number of hydrogen-bond donors (Lipinski definition) is 0. The van der Waals surface area contributed by atoms with Crippen LogP contribution in [0.3, 0.4) is 0 Å². The Balaban J connectivity index is 3.50. The third kappa shape index (κ3) is 2.03. The SMILES string of the molecule is CCC(C)c1c(Cl)c(C=O)c(C)n1C(C)C. The first-order valence-electron chi connectivity index (χ1n) is 5.80. The van der Waals surface area contributed by atoms with Crippen LogP contribution in [0.1, 0.15) is 67.8 Å². The Labute approximate surface area is 103 Å². The van der Waals surface area contributed by atoms with Gasteiger partial charge in [-0.2, -0.15) is 0 Å². The highest BCUT2D eigenvalue weighted by atomic mass is 35.5.